The Morgan fingerprint density at radius 3 is 1.95 bits per heavy atom. The third-order valence-electron chi connectivity index (χ3n) is 6.18. The number of hydrogen-bond acceptors (Lipinski definition) is 5. The van der Waals surface area contributed by atoms with Gasteiger partial charge >= 0.3 is 11.9 Å². The number of carboxylic acids is 2. The molecule has 1 aliphatic heterocycles. The summed E-state index contributed by atoms with van der Waals surface area (Å²) in [6.07, 6.45) is 2.11. The number of carbonyl (C=O) groups is 2. The van der Waals surface area contributed by atoms with Crippen LogP contribution in [0.2, 0.25) is 10.0 Å². The lowest BCUT2D eigenvalue weighted by Crippen LogP contribution is -2.46. The molecule has 3 aromatic rings. The molecule has 1 heterocycles. The Labute approximate surface area is 233 Å². The van der Waals surface area contributed by atoms with Gasteiger partial charge < -0.3 is 19.8 Å². The summed E-state index contributed by atoms with van der Waals surface area (Å²) in [7, 11) is 0. The zero-order chi connectivity index (χ0) is 27.3. The van der Waals surface area contributed by atoms with Crippen LogP contribution in [0, 0.1) is 0 Å². The highest BCUT2D eigenvalue weighted by Crippen LogP contribution is 2.28. The van der Waals surface area contributed by atoms with Crippen molar-refractivity contribution in [2.45, 2.75) is 18.9 Å². The molecule has 0 bridgehead atoms. The van der Waals surface area contributed by atoms with E-state index in [9.17, 15) is 0 Å². The fraction of sp³-hybridized carbons (Fsp3) is 0.310. The summed E-state index contributed by atoms with van der Waals surface area (Å²) in [5.74, 6) is -3.65. The maximum Gasteiger partial charge on any atom is 0.414 e. The number of anilines is 1. The van der Waals surface area contributed by atoms with Crippen LogP contribution in [0.5, 0.6) is 0 Å². The topological polar surface area (TPSA) is 90.3 Å². The molecule has 0 radical (unpaired) electrons. The fourth-order valence-electron chi connectivity index (χ4n) is 4.21. The first-order valence-electron chi connectivity index (χ1n) is 12.4. The van der Waals surface area contributed by atoms with Gasteiger partial charge in [-0.3, -0.25) is 4.90 Å². The SMILES string of the molecule is Clc1ccc(C(OCCCCN2CCN(c3ccccc3Cl)CC2)c2ccccc2)cc1.O=C(O)C(=O)O. The van der Waals surface area contributed by atoms with E-state index in [0.29, 0.717) is 0 Å². The number of carboxylic acid groups (broad SMARTS) is 2. The van der Waals surface area contributed by atoms with Gasteiger partial charge in [-0.15, -0.1) is 0 Å². The Bertz CT molecular complexity index is 1140. The van der Waals surface area contributed by atoms with E-state index in [1.807, 2.05) is 30.3 Å². The van der Waals surface area contributed by atoms with Crippen LogP contribution >= 0.6 is 23.2 Å². The lowest BCUT2D eigenvalue weighted by atomic mass is 10.0. The lowest BCUT2D eigenvalue weighted by molar-refractivity contribution is -0.159. The van der Waals surface area contributed by atoms with Gasteiger partial charge in [-0.05, 0) is 54.8 Å². The molecule has 202 valence electrons. The standard InChI is InChI=1S/C27H30Cl2N2O.C2H2O4/c28-24-14-12-23(13-15-24)27(22-8-2-1-3-9-22)32-21-7-6-16-30-17-19-31(20-18-30)26-11-5-4-10-25(26)29;3-1(4)2(5)6/h1-5,8-15,27H,6-7,16-21H2;(H,3,4)(H,5,6). The van der Waals surface area contributed by atoms with E-state index < -0.39 is 11.9 Å². The normalized spacial score (nSPS) is 14.3. The highest BCUT2D eigenvalue weighted by atomic mass is 35.5. The number of piperazine rings is 1. The molecule has 1 unspecified atom stereocenters. The predicted octanol–water partition coefficient (Wildman–Crippen LogP) is 5.86. The Morgan fingerprint density at radius 2 is 1.34 bits per heavy atom. The van der Waals surface area contributed by atoms with Gasteiger partial charge in [0, 0.05) is 37.8 Å². The average molecular weight is 559 g/mol. The molecule has 38 heavy (non-hydrogen) atoms. The predicted molar refractivity (Wildman–Crippen MR) is 150 cm³/mol. The minimum absolute atomic E-state index is 0.0624. The van der Waals surface area contributed by atoms with E-state index >= 15 is 0 Å². The monoisotopic (exact) mass is 558 g/mol. The Hall–Kier alpha value is -3.10. The largest absolute Gasteiger partial charge is 0.473 e. The Morgan fingerprint density at radius 1 is 0.763 bits per heavy atom. The summed E-state index contributed by atoms with van der Waals surface area (Å²) in [5, 5.41) is 16.4. The second-order valence-corrected chi connectivity index (χ2v) is 9.65. The summed E-state index contributed by atoms with van der Waals surface area (Å²) < 4.78 is 6.35. The zero-order valence-electron chi connectivity index (χ0n) is 21.0. The molecule has 1 aliphatic rings. The number of ether oxygens (including phenoxy) is 1. The van der Waals surface area contributed by atoms with Gasteiger partial charge in [0.15, 0.2) is 0 Å². The molecule has 4 rings (SSSR count). The molecule has 9 heteroatoms. The van der Waals surface area contributed by atoms with Crippen molar-refractivity contribution in [1.82, 2.24) is 4.90 Å². The molecule has 0 amide bonds. The molecule has 0 aliphatic carbocycles. The smallest absolute Gasteiger partial charge is 0.414 e. The third kappa shape index (κ3) is 9.33. The Kier molecular flexibility index (Phi) is 11.9. The van der Waals surface area contributed by atoms with Gasteiger partial charge in [-0.2, -0.15) is 0 Å². The second-order valence-electron chi connectivity index (χ2n) is 8.81. The van der Waals surface area contributed by atoms with Crippen molar-refractivity contribution < 1.29 is 24.5 Å². The van der Waals surface area contributed by atoms with Crippen LogP contribution in [-0.4, -0.2) is 66.4 Å². The molecular weight excluding hydrogens is 527 g/mol. The van der Waals surface area contributed by atoms with Crippen molar-refractivity contribution in [3.63, 3.8) is 0 Å². The molecule has 7 nitrogen and oxygen atoms in total. The summed E-state index contributed by atoms with van der Waals surface area (Å²) in [4.78, 5) is 23.1. The number of halogens is 2. The first kappa shape index (κ1) is 29.5. The van der Waals surface area contributed by atoms with E-state index in [2.05, 4.69) is 58.3 Å². The van der Waals surface area contributed by atoms with E-state index in [4.69, 9.17) is 47.7 Å². The Balaban J connectivity index is 0.000000599. The van der Waals surface area contributed by atoms with Gasteiger partial charge in [0.25, 0.3) is 0 Å². The molecule has 3 aromatic carbocycles. The first-order chi connectivity index (χ1) is 18.3. The number of benzene rings is 3. The average Bonchev–Trinajstić information content (AvgIpc) is 2.93. The zero-order valence-corrected chi connectivity index (χ0v) is 22.5. The van der Waals surface area contributed by atoms with Crippen molar-refractivity contribution in [1.29, 1.82) is 0 Å². The number of rotatable bonds is 9. The van der Waals surface area contributed by atoms with Crippen molar-refractivity contribution in [3.05, 3.63) is 100 Å². The van der Waals surface area contributed by atoms with Gasteiger partial charge in [-0.25, -0.2) is 9.59 Å². The second kappa shape index (κ2) is 15.3. The molecule has 0 aromatic heterocycles. The maximum absolute atomic E-state index is 9.10. The van der Waals surface area contributed by atoms with E-state index in [0.717, 1.165) is 73.5 Å². The van der Waals surface area contributed by atoms with Crippen molar-refractivity contribution >= 4 is 40.8 Å². The first-order valence-corrected chi connectivity index (χ1v) is 13.2. The molecule has 1 saturated heterocycles. The van der Waals surface area contributed by atoms with Crippen molar-refractivity contribution in [2.24, 2.45) is 0 Å². The maximum atomic E-state index is 9.10. The minimum atomic E-state index is -1.82. The van der Waals surface area contributed by atoms with Crippen LogP contribution in [0.3, 0.4) is 0 Å². The summed E-state index contributed by atoms with van der Waals surface area (Å²) in [6.45, 7) is 6.03. The van der Waals surface area contributed by atoms with E-state index in [1.54, 1.807) is 0 Å². The van der Waals surface area contributed by atoms with Gasteiger partial charge in [0.05, 0.1) is 10.7 Å². The lowest BCUT2D eigenvalue weighted by Gasteiger charge is -2.36. The van der Waals surface area contributed by atoms with Gasteiger partial charge in [0.1, 0.15) is 6.10 Å². The number of hydrogen-bond donors (Lipinski definition) is 2. The third-order valence-corrected chi connectivity index (χ3v) is 6.75. The highest BCUT2D eigenvalue weighted by molar-refractivity contribution is 6.33. The molecule has 0 saturated carbocycles. The van der Waals surface area contributed by atoms with Crippen molar-refractivity contribution in [3.8, 4) is 0 Å². The molecule has 1 fully saturated rings. The van der Waals surface area contributed by atoms with Crippen LogP contribution < -0.4 is 4.90 Å². The number of aliphatic carboxylic acids is 2. The van der Waals surface area contributed by atoms with Crippen LogP contribution in [0.15, 0.2) is 78.9 Å². The van der Waals surface area contributed by atoms with E-state index in [1.165, 1.54) is 5.56 Å². The molecule has 1 atom stereocenters. The van der Waals surface area contributed by atoms with Crippen LogP contribution in [0.4, 0.5) is 5.69 Å². The summed E-state index contributed by atoms with van der Waals surface area (Å²) >= 11 is 12.4. The fourth-order valence-corrected chi connectivity index (χ4v) is 4.59. The summed E-state index contributed by atoms with van der Waals surface area (Å²) in [5.41, 5.74) is 3.46. The molecule has 0 spiro atoms. The molecule has 2 N–H and O–H groups in total. The van der Waals surface area contributed by atoms with Crippen molar-refractivity contribution in [2.75, 3.05) is 44.2 Å². The number of unbranched alkanes of at least 4 members (excludes halogenated alkanes) is 1. The van der Waals surface area contributed by atoms with Crippen LogP contribution in [-0.2, 0) is 14.3 Å². The highest BCUT2D eigenvalue weighted by Gasteiger charge is 2.19. The number of para-hydroxylation sites is 1. The van der Waals surface area contributed by atoms with Gasteiger partial charge in [0.2, 0.25) is 0 Å². The van der Waals surface area contributed by atoms with E-state index in [-0.39, 0.29) is 6.10 Å². The van der Waals surface area contributed by atoms with Crippen LogP contribution in [0.25, 0.3) is 0 Å². The van der Waals surface area contributed by atoms with Crippen LogP contribution in [0.1, 0.15) is 30.1 Å². The van der Waals surface area contributed by atoms with Gasteiger partial charge in [-0.1, -0.05) is 77.8 Å². The summed E-state index contributed by atoms with van der Waals surface area (Å²) in [6, 6.07) is 26.5. The quantitative estimate of drug-likeness (QED) is 0.251. The minimum Gasteiger partial charge on any atom is -0.473 e. The molecular formula is C29H32Cl2N2O5. The number of nitrogens with zero attached hydrogens (tertiary/aromatic N) is 2.